The van der Waals surface area contributed by atoms with Gasteiger partial charge < -0.3 is 15.4 Å². The van der Waals surface area contributed by atoms with Crippen molar-refractivity contribution in [1.29, 1.82) is 0 Å². The maximum atomic E-state index is 12.2. The van der Waals surface area contributed by atoms with E-state index >= 15 is 0 Å². The monoisotopic (exact) mass is 290 g/mol. The van der Waals surface area contributed by atoms with E-state index in [1.54, 1.807) is 4.90 Å². The van der Waals surface area contributed by atoms with Gasteiger partial charge in [-0.05, 0) is 30.0 Å². The molecule has 0 spiro atoms. The Hall–Kier alpha value is -2.04. The van der Waals surface area contributed by atoms with Crippen molar-refractivity contribution in [1.82, 2.24) is 4.90 Å². The van der Waals surface area contributed by atoms with Crippen molar-refractivity contribution < 1.29 is 14.3 Å². The van der Waals surface area contributed by atoms with Crippen LogP contribution in [0.2, 0.25) is 0 Å². The molecule has 0 aromatic heterocycles. The second kappa shape index (κ2) is 6.61. The first-order valence-corrected chi connectivity index (χ1v) is 7.21. The molecule has 0 bridgehead atoms. The highest BCUT2D eigenvalue weighted by atomic mass is 16.5. The van der Waals surface area contributed by atoms with Gasteiger partial charge in [0.2, 0.25) is 5.91 Å². The van der Waals surface area contributed by atoms with Crippen molar-refractivity contribution in [2.24, 2.45) is 11.8 Å². The van der Waals surface area contributed by atoms with Crippen molar-refractivity contribution in [3.05, 3.63) is 29.8 Å². The second-order valence-corrected chi connectivity index (χ2v) is 5.65. The number of likely N-dealkylation sites (tertiary alicyclic amines) is 1. The van der Waals surface area contributed by atoms with Crippen molar-refractivity contribution in [3.63, 3.8) is 0 Å². The highest BCUT2D eigenvalue weighted by molar-refractivity contribution is 5.79. The Morgan fingerprint density at radius 1 is 1.29 bits per heavy atom. The molecule has 1 fully saturated rings. The fraction of sp³-hybridized carbons (Fsp3) is 0.500. The van der Waals surface area contributed by atoms with E-state index in [0.717, 1.165) is 11.3 Å². The van der Waals surface area contributed by atoms with Crippen molar-refractivity contribution >= 4 is 17.6 Å². The Labute approximate surface area is 125 Å². The maximum Gasteiger partial charge on any atom is 0.310 e. The van der Waals surface area contributed by atoms with Gasteiger partial charge in [-0.25, -0.2) is 0 Å². The Kier molecular flexibility index (Phi) is 4.83. The number of hydrogen-bond acceptors (Lipinski definition) is 4. The fourth-order valence-electron chi connectivity index (χ4n) is 2.72. The molecule has 1 saturated heterocycles. The Bertz CT molecular complexity index is 513. The Morgan fingerprint density at radius 3 is 2.57 bits per heavy atom. The summed E-state index contributed by atoms with van der Waals surface area (Å²) in [6.07, 6.45) is 1.14. The van der Waals surface area contributed by atoms with E-state index in [-0.39, 0.29) is 23.7 Å². The third-order valence-corrected chi connectivity index (χ3v) is 4.08. The largest absolute Gasteiger partial charge is 0.469 e. The van der Waals surface area contributed by atoms with Gasteiger partial charge >= 0.3 is 5.97 Å². The lowest BCUT2D eigenvalue weighted by atomic mass is 9.99. The van der Waals surface area contributed by atoms with Crippen molar-refractivity contribution in [2.75, 3.05) is 25.9 Å². The zero-order chi connectivity index (χ0) is 15.4. The van der Waals surface area contributed by atoms with Gasteiger partial charge in [-0.3, -0.25) is 9.59 Å². The maximum absolute atomic E-state index is 12.2. The number of carbonyl (C=O) groups is 2. The lowest BCUT2D eigenvalue weighted by Gasteiger charge is -2.16. The molecule has 5 nitrogen and oxygen atoms in total. The number of rotatable bonds is 4. The molecule has 2 rings (SSSR count). The summed E-state index contributed by atoms with van der Waals surface area (Å²) in [6, 6.07) is 7.55. The number of amides is 1. The molecule has 2 N–H and O–H groups in total. The number of nitrogens with two attached hydrogens (primary N) is 1. The number of ether oxygens (including phenoxy) is 1. The Morgan fingerprint density at radius 2 is 1.95 bits per heavy atom. The van der Waals surface area contributed by atoms with E-state index in [1.807, 2.05) is 31.2 Å². The fourth-order valence-corrected chi connectivity index (χ4v) is 2.72. The van der Waals surface area contributed by atoms with Crippen LogP contribution in [0.1, 0.15) is 18.9 Å². The average molecular weight is 290 g/mol. The van der Waals surface area contributed by atoms with Crippen LogP contribution in [0.4, 0.5) is 5.69 Å². The molecule has 0 aliphatic carbocycles. The van der Waals surface area contributed by atoms with Crippen LogP contribution in [-0.2, 0) is 20.7 Å². The predicted molar refractivity (Wildman–Crippen MR) is 80.4 cm³/mol. The molecule has 21 heavy (non-hydrogen) atoms. The molecule has 2 atom stereocenters. The number of aryl methyl sites for hydroxylation is 1. The molecule has 5 heteroatoms. The van der Waals surface area contributed by atoms with Gasteiger partial charge in [0.1, 0.15) is 0 Å². The summed E-state index contributed by atoms with van der Waals surface area (Å²) in [7, 11) is 1.39. The summed E-state index contributed by atoms with van der Waals surface area (Å²) >= 11 is 0. The van der Waals surface area contributed by atoms with Gasteiger partial charge in [-0.2, -0.15) is 0 Å². The lowest BCUT2D eigenvalue weighted by molar-refractivity contribution is -0.146. The van der Waals surface area contributed by atoms with Gasteiger partial charge in [0.25, 0.3) is 0 Å². The summed E-state index contributed by atoms with van der Waals surface area (Å²) in [4.78, 5) is 25.6. The molecule has 0 saturated carbocycles. The van der Waals surface area contributed by atoms with E-state index in [9.17, 15) is 9.59 Å². The van der Waals surface area contributed by atoms with Crippen LogP contribution in [-0.4, -0.2) is 37.0 Å². The third kappa shape index (κ3) is 3.74. The molecular weight excluding hydrogens is 268 g/mol. The minimum absolute atomic E-state index is 0.0880. The first-order valence-electron chi connectivity index (χ1n) is 7.21. The molecular formula is C16H22N2O3. The minimum Gasteiger partial charge on any atom is -0.469 e. The smallest absolute Gasteiger partial charge is 0.310 e. The van der Waals surface area contributed by atoms with Crippen LogP contribution in [0.5, 0.6) is 0 Å². The first kappa shape index (κ1) is 15.4. The highest BCUT2D eigenvalue weighted by Crippen LogP contribution is 2.24. The number of carbonyl (C=O) groups excluding carboxylic acids is 2. The van der Waals surface area contributed by atoms with Crippen molar-refractivity contribution in [3.8, 4) is 0 Å². The number of nitrogens with zero attached hydrogens (tertiary/aromatic N) is 1. The second-order valence-electron chi connectivity index (χ2n) is 5.65. The van der Waals surface area contributed by atoms with Crippen LogP contribution < -0.4 is 5.73 Å². The molecule has 1 aliphatic rings. The summed E-state index contributed by atoms with van der Waals surface area (Å²) in [5.41, 5.74) is 7.45. The molecule has 0 radical (unpaired) electrons. The standard InChI is InChI=1S/C16H22N2O3/c1-11-9-18(10-14(11)16(20)21-2)15(19)8-5-12-3-6-13(17)7-4-12/h3-4,6-7,11,14H,5,8-10,17H2,1-2H3. The normalized spacial score (nSPS) is 21.3. The molecule has 1 aliphatic heterocycles. The van der Waals surface area contributed by atoms with Crippen LogP contribution in [0.25, 0.3) is 0 Å². The van der Waals surface area contributed by atoms with E-state index in [1.165, 1.54) is 7.11 Å². The molecule has 2 unspecified atom stereocenters. The summed E-state index contributed by atoms with van der Waals surface area (Å²) in [6.45, 7) is 3.07. The van der Waals surface area contributed by atoms with E-state index in [0.29, 0.717) is 25.9 Å². The number of hydrogen-bond donors (Lipinski definition) is 1. The summed E-state index contributed by atoms with van der Waals surface area (Å²) < 4.78 is 4.78. The van der Waals surface area contributed by atoms with Crippen LogP contribution in [0.15, 0.2) is 24.3 Å². The number of nitrogen functional groups attached to an aromatic ring is 1. The molecule has 1 aromatic carbocycles. The van der Waals surface area contributed by atoms with E-state index in [2.05, 4.69) is 0 Å². The molecule has 1 heterocycles. The van der Waals surface area contributed by atoms with Crippen LogP contribution >= 0.6 is 0 Å². The van der Waals surface area contributed by atoms with Crippen LogP contribution in [0, 0.1) is 11.8 Å². The Balaban J connectivity index is 1.87. The van der Waals surface area contributed by atoms with E-state index in [4.69, 9.17) is 10.5 Å². The molecule has 1 aromatic rings. The zero-order valence-electron chi connectivity index (χ0n) is 12.5. The minimum atomic E-state index is -0.226. The topological polar surface area (TPSA) is 72.6 Å². The van der Waals surface area contributed by atoms with Gasteiger partial charge in [0.05, 0.1) is 13.0 Å². The number of esters is 1. The van der Waals surface area contributed by atoms with Gasteiger partial charge in [-0.15, -0.1) is 0 Å². The predicted octanol–water partition coefficient (Wildman–Crippen LogP) is 1.47. The lowest BCUT2D eigenvalue weighted by Crippen LogP contribution is -2.30. The third-order valence-electron chi connectivity index (χ3n) is 4.08. The summed E-state index contributed by atoms with van der Waals surface area (Å²) in [5, 5.41) is 0. The zero-order valence-corrected chi connectivity index (χ0v) is 12.5. The van der Waals surface area contributed by atoms with Gasteiger partial charge in [-0.1, -0.05) is 19.1 Å². The first-order chi connectivity index (χ1) is 10.0. The van der Waals surface area contributed by atoms with Crippen LogP contribution in [0.3, 0.4) is 0 Å². The number of benzene rings is 1. The van der Waals surface area contributed by atoms with Gasteiger partial charge in [0, 0.05) is 25.2 Å². The van der Waals surface area contributed by atoms with Gasteiger partial charge in [0.15, 0.2) is 0 Å². The molecule has 1 amide bonds. The average Bonchev–Trinajstić information content (AvgIpc) is 2.87. The van der Waals surface area contributed by atoms with E-state index < -0.39 is 0 Å². The quantitative estimate of drug-likeness (QED) is 0.673. The summed E-state index contributed by atoms with van der Waals surface area (Å²) in [5.74, 6) is -0.185. The number of methoxy groups -OCH3 is 1. The van der Waals surface area contributed by atoms with Crippen molar-refractivity contribution in [2.45, 2.75) is 19.8 Å². The SMILES string of the molecule is COC(=O)C1CN(C(=O)CCc2ccc(N)cc2)CC1C. The molecule has 114 valence electrons. The number of anilines is 1. The highest BCUT2D eigenvalue weighted by Gasteiger charge is 2.37.